The van der Waals surface area contributed by atoms with E-state index in [1.54, 1.807) is 0 Å². The summed E-state index contributed by atoms with van der Waals surface area (Å²) in [5.74, 6) is -0.752. The van der Waals surface area contributed by atoms with Gasteiger partial charge in [0, 0.05) is 25.7 Å². The first-order valence-electron chi connectivity index (χ1n) is 11.1. The Bertz CT molecular complexity index is 913. The van der Waals surface area contributed by atoms with Crippen LogP contribution in [0.4, 0.5) is 17.6 Å². The average molecular weight is 453 g/mol. The molecule has 2 aromatic rings. The van der Waals surface area contributed by atoms with Crippen LogP contribution in [0.5, 0.6) is 0 Å². The molecular formula is C22H27F4N5O. The lowest BCUT2D eigenvalue weighted by Gasteiger charge is -2.35. The summed E-state index contributed by atoms with van der Waals surface area (Å²) >= 11 is 0. The maximum atomic E-state index is 13.8. The maximum absolute atomic E-state index is 13.8. The second kappa shape index (κ2) is 9.56. The SMILES string of the molecule is O=C(NC1CCN(CC2CCCCC2)CC1)c1nnn(-c2ccc(F)cc2)c1C(F)(F)F. The largest absolute Gasteiger partial charge is 0.435 e. The molecule has 2 aliphatic rings. The van der Waals surface area contributed by atoms with Crippen molar-refractivity contribution in [2.45, 2.75) is 57.2 Å². The molecule has 0 bridgehead atoms. The monoisotopic (exact) mass is 453 g/mol. The molecule has 10 heteroatoms. The molecular weight excluding hydrogens is 426 g/mol. The number of nitrogens with zero attached hydrogens (tertiary/aromatic N) is 4. The van der Waals surface area contributed by atoms with Gasteiger partial charge in [-0.15, -0.1) is 5.10 Å². The molecule has 6 nitrogen and oxygen atoms in total. The summed E-state index contributed by atoms with van der Waals surface area (Å²) < 4.78 is 55.0. The zero-order valence-electron chi connectivity index (χ0n) is 17.7. The van der Waals surface area contributed by atoms with Crippen molar-refractivity contribution in [1.82, 2.24) is 25.2 Å². The highest BCUT2D eigenvalue weighted by Gasteiger charge is 2.42. The van der Waals surface area contributed by atoms with E-state index in [4.69, 9.17) is 0 Å². The molecule has 0 spiro atoms. The summed E-state index contributed by atoms with van der Waals surface area (Å²) in [6.45, 7) is 2.69. The van der Waals surface area contributed by atoms with Crippen molar-refractivity contribution in [2.24, 2.45) is 5.92 Å². The Hall–Kier alpha value is -2.49. The third kappa shape index (κ3) is 5.28. The second-order valence-corrected chi connectivity index (χ2v) is 8.73. The van der Waals surface area contributed by atoms with Crippen LogP contribution >= 0.6 is 0 Å². The van der Waals surface area contributed by atoms with Crippen LogP contribution in [0.1, 0.15) is 61.1 Å². The minimum atomic E-state index is -4.85. The summed E-state index contributed by atoms with van der Waals surface area (Å²) in [6.07, 6.45) is 2.94. The zero-order chi connectivity index (χ0) is 22.7. The molecule has 2 fully saturated rings. The van der Waals surface area contributed by atoms with Gasteiger partial charge in [0.1, 0.15) is 5.82 Å². The van der Waals surface area contributed by atoms with Gasteiger partial charge in [0.15, 0.2) is 11.4 Å². The first kappa shape index (κ1) is 22.7. The highest BCUT2D eigenvalue weighted by Crippen LogP contribution is 2.33. The molecule has 4 rings (SSSR count). The average Bonchev–Trinajstić information content (AvgIpc) is 3.22. The van der Waals surface area contributed by atoms with Crippen molar-refractivity contribution >= 4 is 5.91 Å². The smallest absolute Gasteiger partial charge is 0.348 e. The summed E-state index contributed by atoms with van der Waals surface area (Å²) in [5.41, 5.74) is -2.07. The third-order valence-electron chi connectivity index (χ3n) is 6.39. The van der Waals surface area contributed by atoms with Crippen molar-refractivity contribution in [1.29, 1.82) is 0 Å². The van der Waals surface area contributed by atoms with E-state index in [2.05, 4.69) is 20.5 Å². The molecule has 1 aromatic heterocycles. The number of rotatable bonds is 5. The fourth-order valence-electron chi connectivity index (χ4n) is 4.70. The molecule has 1 aliphatic heterocycles. The number of benzene rings is 1. The standard InChI is InChI=1S/C22H27F4N5O/c23-16-6-8-18(9-7-16)31-20(22(24,25)26)19(28-29-31)21(32)27-17-10-12-30(13-11-17)14-15-4-2-1-3-5-15/h6-9,15,17H,1-5,10-14H2,(H,27,32). The Labute approximate surface area is 184 Å². The van der Waals surface area contributed by atoms with Crippen molar-refractivity contribution in [3.05, 3.63) is 41.5 Å². The molecule has 1 saturated heterocycles. The van der Waals surface area contributed by atoms with Crippen LogP contribution in [-0.2, 0) is 6.18 Å². The first-order chi connectivity index (χ1) is 15.3. The van der Waals surface area contributed by atoms with E-state index < -0.39 is 29.3 Å². The van der Waals surface area contributed by atoms with Crippen LogP contribution in [-0.4, -0.2) is 51.5 Å². The van der Waals surface area contributed by atoms with E-state index in [-0.39, 0.29) is 11.7 Å². The van der Waals surface area contributed by atoms with E-state index in [9.17, 15) is 22.4 Å². The van der Waals surface area contributed by atoms with E-state index in [0.29, 0.717) is 17.5 Å². The minimum absolute atomic E-state index is 0.0266. The number of nitrogens with one attached hydrogen (secondary N) is 1. The molecule has 1 saturated carbocycles. The number of carbonyl (C=O) groups is 1. The normalized spacial score (nSPS) is 19.2. The lowest BCUT2D eigenvalue weighted by atomic mass is 9.88. The summed E-state index contributed by atoms with van der Waals surface area (Å²) in [7, 11) is 0. The van der Waals surface area contributed by atoms with Gasteiger partial charge < -0.3 is 10.2 Å². The summed E-state index contributed by atoms with van der Waals surface area (Å²) in [6, 6.07) is 4.16. The minimum Gasteiger partial charge on any atom is -0.348 e. The highest BCUT2D eigenvalue weighted by molar-refractivity contribution is 5.93. The number of alkyl halides is 3. The molecule has 0 atom stereocenters. The van der Waals surface area contributed by atoms with Gasteiger partial charge in [-0.1, -0.05) is 24.5 Å². The summed E-state index contributed by atoms with van der Waals surface area (Å²) in [5, 5.41) is 9.75. The lowest BCUT2D eigenvalue weighted by molar-refractivity contribution is -0.143. The van der Waals surface area contributed by atoms with E-state index in [1.165, 1.54) is 32.1 Å². The Morgan fingerprint density at radius 2 is 1.69 bits per heavy atom. The third-order valence-corrected chi connectivity index (χ3v) is 6.39. The zero-order valence-corrected chi connectivity index (χ0v) is 17.7. The first-order valence-corrected chi connectivity index (χ1v) is 11.1. The molecule has 0 radical (unpaired) electrons. The van der Waals surface area contributed by atoms with Crippen LogP contribution in [0.2, 0.25) is 0 Å². The Kier molecular flexibility index (Phi) is 6.78. The van der Waals surface area contributed by atoms with Crippen LogP contribution in [0.15, 0.2) is 24.3 Å². The predicted molar refractivity (Wildman–Crippen MR) is 110 cm³/mol. The van der Waals surface area contributed by atoms with Gasteiger partial charge in [-0.25, -0.2) is 9.07 Å². The quantitative estimate of drug-likeness (QED) is 0.690. The van der Waals surface area contributed by atoms with Crippen molar-refractivity contribution in [2.75, 3.05) is 19.6 Å². The van der Waals surface area contributed by atoms with Crippen molar-refractivity contribution in [3.63, 3.8) is 0 Å². The van der Waals surface area contributed by atoms with E-state index in [1.807, 2.05) is 0 Å². The van der Waals surface area contributed by atoms with Crippen LogP contribution in [0.3, 0.4) is 0 Å². The highest BCUT2D eigenvalue weighted by atomic mass is 19.4. The predicted octanol–water partition coefficient (Wildman–Crippen LogP) is 4.20. The van der Waals surface area contributed by atoms with Gasteiger partial charge in [-0.3, -0.25) is 4.79 Å². The fourth-order valence-corrected chi connectivity index (χ4v) is 4.70. The Morgan fingerprint density at radius 1 is 1.03 bits per heavy atom. The molecule has 2 heterocycles. The van der Waals surface area contributed by atoms with Crippen LogP contribution in [0.25, 0.3) is 5.69 Å². The number of hydrogen-bond acceptors (Lipinski definition) is 4. The second-order valence-electron chi connectivity index (χ2n) is 8.73. The molecule has 174 valence electrons. The van der Waals surface area contributed by atoms with Gasteiger partial charge >= 0.3 is 6.18 Å². The molecule has 1 N–H and O–H groups in total. The number of halogens is 4. The van der Waals surface area contributed by atoms with Gasteiger partial charge in [0.05, 0.1) is 5.69 Å². The van der Waals surface area contributed by atoms with Crippen molar-refractivity contribution in [3.8, 4) is 5.69 Å². The van der Waals surface area contributed by atoms with E-state index in [0.717, 1.165) is 49.8 Å². The lowest BCUT2D eigenvalue weighted by Crippen LogP contribution is -2.46. The number of carbonyl (C=O) groups excluding carboxylic acids is 1. The van der Waals surface area contributed by atoms with Crippen LogP contribution < -0.4 is 5.32 Å². The molecule has 1 aromatic carbocycles. The molecule has 0 unspecified atom stereocenters. The number of likely N-dealkylation sites (tertiary alicyclic amines) is 1. The van der Waals surface area contributed by atoms with Crippen LogP contribution in [0, 0.1) is 11.7 Å². The number of aromatic nitrogens is 3. The number of amides is 1. The van der Waals surface area contributed by atoms with Gasteiger partial charge in [0.25, 0.3) is 5.91 Å². The molecule has 1 aliphatic carbocycles. The van der Waals surface area contributed by atoms with Crippen molar-refractivity contribution < 1.29 is 22.4 Å². The van der Waals surface area contributed by atoms with E-state index >= 15 is 0 Å². The topological polar surface area (TPSA) is 63.1 Å². The number of hydrogen-bond donors (Lipinski definition) is 1. The molecule has 32 heavy (non-hydrogen) atoms. The van der Waals surface area contributed by atoms with Gasteiger partial charge in [-0.2, -0.15) is 13.2 Å². The Morgan fingerprint density at radius 3 is 2.31 bits per heavy atom. The number of piperidine rings is 1. The maximum Gasteiger partial charge on any atom is 0.435 e. The Balaban J connectivity index is 1.41. The fraction of sp³-hybridized carbons (Fsp3) is 0.591. The summed E-state index contributed by atoms with van der Waals surface area (Å²) in [4.78, 5) is 15.1. The van der Waals surface area contributed by atoms with Gasteiger partial charge in [0.2, 0.25) is 0 Å². The van der Waals surface area contributed by atoms with Gasteiger partial charge in [-0.05, 0) is 55.9 Å². The molecule has 1 amide bonds.